The number of rotatable bonds is 6. The lowest BCUT2D eigenvalue weighted by Crippen LogP contribution is -2.40. The largest absolute Gasteiger partial charge is 0.355 e. The molecule has 0 bridgehead atoms. The summed E-state index contributed by atoms with van der Waals surface area (Å²) in [6, 6.07) is 4.92. The Hall–Kier alpha value is -1.98. The predicted molar refractivity (Wildman–Crippen MR) is 74.2 cm³/mol. The summed E-state index contributed by atoms with van der Waals surface area (Å²) in [4.78, 5) is 11.1. The monoisotopic (exact) mass is 313 g/mol. The van der Waals surface area contributed by atoms with Crippen LogP contribution < -0.4 is 5.32 Å². The number of sulfonamides is 1. The van der Waals surface area contributed by atoms with Crippen LogP contribution in [0.4, 0.5) is 4.39 Å². The van der Waals surface area contributed by atoms with Gasteiger partial charge in [0.1, 0.15) is 22.3 Å². The Kier molecular flexibility index (Phi) is 5.81. The number of benzene rings is 1. The van der Waals surface area contributed by atoms with E-state index in [9.17, 15) is 17.6 Å². The van der Waals surface area contributed by atoms with E-state index in [1.165, 1.54) is 6.07 Å². The van der Waals surface area contributed by atoms with E-state index < -0.39 is 32.2 Å². The van der Waals surface area contributed by atoms with E-state index in [2.05, 4.69) is 5.32 Å². The molecule has 8 heteroatoms. The number of likely N-dealkylation sites (N-methyl/N-ethyl adjacent to an activating group) is 2. The Morgan fingerprint density at radius 2 is 2.10 bits per heavy atom. The molecule has 0 heterocycles. The van der Waals surface area contributed by atoms with Crippen LogP contribution in [0.5, 0.6) is 0 Å². The van der Waals surface area contributed by atoms with Gasteiger partial charge in [0.15, 0.2) is 0 Å². The minimum absolute atomic E-state index is 0.0286. The van der Waals surface area contributed by atoms with Gasteiger partial charge in [0.2, 0.25) is 15.9 Å². The van der Waals surface area contributed by atoms with E-state index in [1.807, 2.05) is 0 Å². The second kappa shape index (κ2) is 7.15. The lowest BCUT2D eigenvalue weighted by Gasteiger charge is -2.20. The smallest absolute Gasteiger partial charge is 0.244 e. The molecular weight excluding hydrogens is 297 g/mol. The van der Waals surface area contributed by atoms with E-state index in [0.29, 0.717) is 6.54 Å². The number of nitriles is 1. The molecule has 1 rings (SSSR count). The average Bonchev–Trinajstić information content (AvgIpc) is 2.44. The Morgan fingerprint density at radius 1 is 1.43 bits per heavy atom. The Balaban J connectivity index is 3.23. The number of nitrogens with one attached hydrogen (secondary N) is 1. The third kappa shape index (κ3) is 3.77. The Morgan fingerprint density at radius 3 is 2.62 bits per heavy atom. The van der Waals surface area contributed by atoms with Gasteiger partial charge in [-0.15, -0.1) is 0 Å². The van der Waals surface area contributed by atoms with E-state index in [1.54, 1.807) is 19.9 Å². The number of hydrogen-bond acceptors (Lipinski definition) is 4. The minimum atomic E-state index is -4.12. The van der Waals surface area contributed by atoms with Crippen molar-refractivity contribution in [2.45, 2.75) is 18.7 Å². The lowest BCUT2D eigenvalue weighted by molar-refractivity contribution is -0.121. The van der Waals surface area contributed by atoms with Gasteiger partial charge < -0.3 is 5.32 Å². The number of amides is 1. The van der Waals surface area contributed by atoms with Gasteiger partial charge in [-0.3, -0.25) is 4.79 Å². The standard InChI is InChI=1S/C13H16FN3O3S/c1-3-16-13(18)9-17(4-2)21(19,20)12-7-5-6-11(14)10(12)8-15/h5-7H,3-4,9H2,1-2H3,(H,16,18). The first-order valence-electron chi connectivity index (χ1n) is 6.33. The fourth-order valence-electron chi connectivity index (χ4n) is 1.75. The lowest BCUT2D eigenvalue weighted by atomic mass is 10.2. The fraction of sp³-hybridized carbons (Fsp3) is 0.385. The zero-order chi connectivity index (χ0) is 16.0. The number of hydrogen-bond donors (Lipinski definition) is 1. The van der Waals surface area contributed by atoms with E-state index in [0.717, 1.165) is 16.4 Å². The van der Waals surface area contributed by atoms with Gasteiger partial charge >= 0.3 is 0 Å². The maximum absolute atomic E-state index is 13.5. The van der Waals surface area contributed by atoms with Gasteiger partial charge in [0, 0.05) is 13.1 Å². The van der Waals surface area contributed by atoms with Crippen molar-refractivity contribution >= 4 is 15.9 Å². The molecule has 0 radical (unpaired) electrons. The first-order chi connectivity index (χ1) is 9.88. The van der Waals surface area contributed by atoms with E-state index >= 15 is 0 Å². The molecule has 0 unspecified atom stereocenters. The molecule has 1 aromatic carbocycles. The van der Waals surface area contributed by atoms with Crippen molar-refractivity contribution in [1.82, 2.24) is 9.62 Å². The third-order valence-electron chi connectivity index (χ3n) is 2.75. The van der Waals surface area contributed by atoms with Gasteiger partial charge in [0.25, 0.3) is 0 Å². The minimum Gasteiger partial charge on any atom is -0.355 e. The van der Waals surface area contributed by atoms with Crippen LogP contribution in [0.3, 0.4) is 0 Å². The average molecular weight is 313 g/mol. The van der Waals surface area contributed by atoms with Crippen molar-refractivity contribution in [1.29, 1.82) is 5.26 Å². The van der Waals surface area contributed by atoms with Gasteiger partial charge in [-0.25, -0.2) is 12.8 Å². The summed E-state index contributed by atoms with van der Waals surface area (Å²) in [5, 5.41) is 11.4. The summed E-state index contributed by atoms with van der Waals surface area (Å²) in [5.74, 6) is -1.37. The number of nitrogens with zero attached hydrogens (tertiary/aromatic N) is 2. The van der Waals surface area contributed by atoms with Crippen LogP contribution in [-0.2, 0) is 14.8 Å². The Labute approximate surface area is 123 Å². The molecule has 0 saturated heterocycles. The summed E-state index contributed by atoms with van der Waals surface area (Å²) < 4.78 is 39.4. The maximum Gasteiger partial charge on any atom is 0.244 e. The first kappa shape index (κ1) is 17.1. The second-order valence-electron chi connectivity index (χ2n) is 4.11. The van der Waals surface area contributed by atoms with Crippen molar-refractivity contribution in [3.05, 3.63) is 29.6 Å². The van der Waals surface area contributed by atoms with Crippen molar-refractivity contribution in [3.63, 3.8) is 0 Å². The molecule has 0 aliphatic heterocycles. The molecule has 21 heavy (non-hydrogen) atoms. The van der Waals surface area contributed by atoms with Crippen molar-refractivity contribution in [2.75, 3.05) is 19.6 Å². The maximum atomic E-state index is 13.5. The zero-order valence-electron chi connectivity index (χ0n) is 11.8. The second-order valence-corrected chi connectivity index (χ2v) is 6.02. The summed E-state index contributed by atoms with van der Waals surface area (Å²) >= 11 is 0. The summed E-state index contributed by atoms with van der Waals surface area (Å²) in [7, 11) is -4.12. The van der Waals surface area contributed by atoms with Crippen LogP contribution in [0.15, 0.2) is 23.1 Å². The highest BCUT2D eigenvalue weighted by atomic mass is 32.2. The molecule has 114 valence electrons. The van der Waals surface area contributed by atoms with Crippen LogP contribution in [0.1, 0.15) is 19.4 Å². The van der Waals surface area contributed by atoms with Gasteiger partial charge in [-0.1, -0.05) is 13.0 Å². The molecule has 0 saturated carbocycles. The molecule has 0 fully saturated rings. The molecular formula is C13H16FN3O3S. The van der Waals surface area contributed by atoms with E-state index in [-0.39, 0.29) is 13.1 Å². The van der Waals surface area contributed by atoms with Crippen LogP contribution >= 0.6 is 0 Å². The molecule has 0 aromatic heterocycles. The first-order valence-corrected chi connectivity index (χ1v) is 7.77. The normalized spacial score (nSPS) is 11.2. The summed E-state index contributed by atoms with van der Waals surface area (Å²) in [5.41, 5.74) is -0.549. The SMILES string of the molecule is CCNC(=O)CN(CC)S(=O)(=O)c1cccc(F)c1C#N. The zero-order valence-corrected chi connectivity index (χ0v) is 12.6. The molecule has 1 N–H and O–H groups in total. The highest BCUT2D eigenvalue weighted by molar-refractivity contribution is 7.89. The number of halogens is 1. The van der Waals surface area contributed by atoms with Crippen LogP contribution in [0.2, 0.25) is 0 Å². The number of carbonyl (C=O) groups excluding carboxylic acids is 1. The summed E-state index contributed by atoms with van der Waals surface area (Å²) in [6.45, 7) is 3.29. The molecule has 1 amide bonds. The van der Waals surface area contributed by atoms with Gasteiger partial charge in [-0.2, -0.15) is 9.57 Å². The van der Waals surface area contributed by atoms with Gasteiger partial charge in [-0.05, 0) is 19.1 Å². The molecule has 0 spiro atoms. The van der Waals surface area contributed by atoms with Crippen LogP contribution in [0.25, 0.3) is 0 Å². The van der Waals surface area contributed by atoms with Crippen molar-refractivity contribution in [3.8, 4) is 6.07 Å². The molecule has 1 aromatic rings. The molecule has 0 atom stereocenters. The van der Waals surface area contributed by atoms with Crippen LogP contribution in [0, 0.1) is 17.1 Å². The van der Waals surface area contributed by atoms with Crippen LogP contribution in [-0.4, -0.2) is 38.3 Å². The molecule has 0 aliphatic carbocycles. The van der Waals surface area contributed by atoms with Gasteiger partial charge in [0.05, 0.1) is 6.54 Å². The van der Waals surface area contributed by atoms with Crippen molar-refractivity contribution in [2.24, 2.45) is 0 Å². The predicted octanol–water partition coefficient (Wildman–Crippen LogP) is 0.844. The highest BCUT2D eigenvalue weighted by Crippen LogP contribution is 2.21. The molecule has 6 nitrogen and oxygen atoms in total. The number of carbonyl (C=O) groups is 1. The summed E-state index contributed by atoms with van der Waals surface area (Å²) in [6.07, 6.45) is 0. The Bertz CT molecular complexity index is 668. The quantitative estimate of drug-likeness (QED) is 0.843. The molecule has 0 aliphatic rings. The van der Waals surface area contributed by atoms with Crippen molar-refractivity contribution < 1.29 is 17.6 Å². The third-order valence-corrected chi connectivity index (χ3v) is 4.71. The fourth-order valence-corrected chi connectivity index (χ4v) is 3.30. The van der Waals surface area contributed by atoms with E-state index in [4.69, 9.17) is 5.26 Å². The topological polar surface area (TPSA) is 90.3 Å². The highest BCUT2D eigenvalue weighted by Gasteiger charge is 2.28.